The first kappa shape index (κ1) is 37.9. The van der Waals surface area contributed by atoms with Gasteiger partial charge in [-0.05, 0) is 77.1 Å². The van der Waals surface area contributed by atoms with E-state index in [2.05, 4.69) is 13.2 Å². The van der Waals surface area contributed by atoms with E-state index in [1.165, 1.54) is 15.9 Å². The molecule has 8 nitrogen and oxygen atoms in total. The van der Waals surface area contributed by atoms with Gasteiger partial charge in [-0.25, -0.2) is 0 Å². The molecule has 2 atom stereocenters. The SMILES string of the molecule is C.C=CCOC(=O)C1(C)CCCCN(C(=O)c2ccc(C)cc2)C1=O.C=CC[C@]1(C)CCCCN(C(=O)c2ccc(C)cc2)C1=O. The first-order valence-corrected chi connectivity index (χ1v) is 15.6. The predicted octanol–water partition coefficient (Wildman–Crippen LogP) is 7.25. The normalized spacial score (nSPS) is 21.4. The number of carbonyl (C=O) groups excluding carboxylic acids is 5. The zero-order chi connectivity index (χ0) is 33.2. The number of imide groups is 2. The predicted molar refractivity (Wildman–Crippen MR) is 181 cm³/mol. The molecule has 0 saturated carbocycles. The van der Waals surface area contributed by atoms with Gasteiger partial charge in [0.2, 0.25) is 11.8 Å². The third-order valence-corrected chi connectivity index (χ3v) is 8.61. The number of ether oxygens (including phenoxy) is 1. The van der Waals surface area contributed by atoms with Crippen LogP contribution in [0.4, 0.5) is 0 Å². The second-order valence-electron chi connectivity index (χ2n) is 12.4. The average molecular weight is 631 g/mol. The van der Waals surface area contributed by atoms with Crippen LogP contribution < -0.4 is 0 Å². The third-order valence-electron chi connectivity index (χ3n) is 8.61. The maximum atomic E-state index is 12.9. The second kappa shape index (κ2) is 16.8. The lowest BCUT2D eigenvalue weighted by Gasteiger charge is -2.30. The van der Waals surface area contributed by atoms with E-state index in [0.717, 1.165) is 30.4 Å². The van der Waals surface area contributed by atoms with Gasteiger partial charge in [0.25, 0.3) is 11.8 Å². The number of likely N-dealkylation sites (tertiary alicyclic amines) is 2. The molecule has 0 radical (unpaired) electrons. The van der Waals surface area contributed by atoms with Gasteiger partial charge in [-0.1, -0.05) is 81.3 Å². The topological polar surface area (TPSA) is 101 Å². The Hall–Kier alpha value is -4.33. The number of hydrogen-bond acceptors (Lipinski definition) is 6. The highest BCUT2D eigenvalue weighted by atomic mass is 16.5. The molecule has 4 rings (SSSR count). The van der Waals surface area contributed by atoms with Crippen LogP contribution >= 0.6 is 0 Å². The Labute approximate surface area is 274 Å². The van der Waals surface area contributed by atoms with E-state index >= 15 is 0 Å². The van der Waals surface area contributed by atoms with Crippen molar-refractivity contribution in [3.8, 4) is 0 Å². The van der Waals surface area contributed by atoms with E-state index in [-0.39, 0.29) is 31.8 Å². The van der Waals surface area contributed by atoms with E-state index in [9.17, 15) is 24.0 Å². The number of rotatable bonds is 7. The summed E-state index contributed by atoms with van der Waals surface area (Å²) >= 11 is 0. The van der Waals surface area contributed by atoms with Crippen LogP contribution in [0.5, 0.6) is 0 Å². The molecule has 0 bridgehead atoms. The summed E-state index contributed by atoms with van der Waals surface area (Å²) in [7, 11) is 0. The molecule has 2 aromatic rings. The number of esters is 1. The molecule has 2 aromatic carbocycles. The van der Waals surface area contributed by atoms with Gasteiger partial charge < -0.3 is 4.74 Å². The Morgan fingerprint density at radius 1 is 0.739 bits per heavy atom. The van der Waals surface area contributed by atoms with Crippen LogP contribution in [0.25, 0.3) is 0 Å². The quantitative estimate of drug-likeness (QED) is 0.138. The van der Waals surface area contributed by atoms with Crippen LogP contribution in [0.3, 0.4) is 0 Å². The van der Waals surface area contributed by atoms with Crippen LogP contribution in [0.2, 0.25) is 0 Å². The summed E-state index contributed by atoms with van der Waals surface area (Å²) in [4.78, 5) is 66.1. The fraction of sp³-hybridized carbons (Fsp3) is 0.447. The lowest BCUT2D eigenvalue weighted by molar-refractivity contribution is -0.162. The maximum Gasteiger partial charge on any atom is 0.321 e. The third kappa shape index (κ3) is 8.89. The molecule has 2 heterocycles. The standard InChI is InChI=1S/C19H23NO4.C18H23NO2.CH4/c1-4-13-24-18(23)19(3)11-5-6-12-20(17(19)22)16(21)15-9-7-14(2)8-10-15;1-4-11-18(3)12-5-6-13-19(17(18)21)16(20)15-9-7-14(2)8-10-15;/h4,7-10H,1,5-6,11-13H2,2-3H3;4,7-10H,1,5-6,11-13H2,2-3H3;1H4/t;18-;/m.1./s1. The van der Waals surface area contributed by atoms with Gasteiger partial charge in [-0.15, -0.1) is 6.58 Å². The van der Waals surface area contributed by atoms with Crippen molar-refractivity contribution in [1.82, 2.24) is 9.80 Å². The Kier molecular flexibility index (Phi) is 13.8. The molecule has 0 aromatic heterocycles. The Balaban J connectivity index is 0.000000316. The van der Waals surface area contributed by atoms with Crippen LogP contribution in [0, 0.1) is 24.7 Å². The monoisotopic (exact) mass is 630 g/mol. The minimum absolute atomic E-state index is 0. The molecular weight excluding hydrogens is 580 g/mol. The van der Waals surface area contributed by atoms with Crippen molar-refractivity contribution < 1.29 is 28.7 Å². The summed E-state index contributed by atoms with van der Waals surface area (Å²) in [6.07, 6.45) is 8.23. The van der Waals surface area contributed by atoms with Crippen molar-refractivity contribution in [2.45, 2.75) is 80.1 Å². The molecule has 4 amide bonds. The fourth-order valence-electron chi connectivity index (χ4n) is 5.66. The van der Waals surface area contributed by atoms with Crippen LogP contribution in [0.1, 0.15) is 98.1 Å². The molecular formula is C38H50N2O6. The minimum atomic E-state index is -1.33. The number of amides is 4. The first-order chi connectivity index (χ1) is 21.4. The molecule has 2 aliphatic rings. The minimum Gasteiger partial charge on any atom is -0.461 e. The van der Waals surface area contributed by atoms with Crippen molar-refractivity contribution in [3.63, 3.8) is 0 Å². The van der Waals surface area contributed by atoms with E-state index in [1.54, 1.807) is 37.3 Å². The largest absolute Gasteiger partial charge is 0.461 e. The first-order valence-electron chi connectivity index (χ1n) is 15.6. The number of carbonyl (C=O) groups is 5. The molecule has 2 saturated heterocycles. The van der Waals surface area contributed by atoms with E-state index in [4.69, 9.17) is 4.74 Å². The van der Waals surface area contributed by atoms with Gasteiger partial charge >= 0.3 is 5.97 Å². The summed E-state index contributed by atoms with van der Waals surface area (Å²) in [5, 5.41) is 0. The van der Waals surface area contributed by atoms with Crippen molar-refractivity contribution in [2.24, 2.45) is 10.8 Å². The summed E-state index contributed by atoms with van der Waals surface area (Å²) in [6, 6.07) is 14.4. The van der Waals surface area contributed by atoms with Gasteiger partial charge in [0, 0.05) is 24.2 Å². The number of benzene rings is 2. The molecule has 0 N–H and O–H groups in total. The zero-order valence-corrected chi connectivity index (χ0v) is 27.1. The molecule has 46 heavy (non-hydrogen) atoms. The van der Waals surface area contributed by atoms with Crippen molar-refractivity contribution in [3.05, 3.63) is 96.1 Å². The molecule has 1 unspecified atom stereocenters. The van der Waals surface area contributed by atoms with Crippen LogP contribution in [-0.2, 0) is 19.1 Å². The Bertz CT molecular complexity index is 1410. The molecule has 0 spiro atoms. The van der Waals surface area contributed by atoms with E-state index in [0.29, 0.717) is 49.9 Å². The Morgan fingerprint density at radius 2 is 1.20 bits per heavy atom. The molecule has 2 fully saturated rings. The van der Waals surface area contributed by atoms with Crippen LogP contribution in [-0.4, -0.2) is 59.1 Å². The average Bonchev–Trinajstić information content (AvgIpc) is 3.27. The van der Waals surface area contributed by atoms with Gasteiger partial charge in [0.15, 0.2) is 0 Å². The lowest BCUT2D eigenvalue weighted by atomic mass is 9.81. The number of aryl methyl sites for hydroxylation is 2. The Morgan fingerprint density at radius 3 is 1.65 bits per heavy atom. The summed E-state index contributed by atoms with van der Waals surface area (Å²) in [5.74, 6) is -1.71. The van der Waals surface area contributed by atoms with E-state index in [1.807, 2.05) is 45.0 Å². The number of hydrogen-bond donors (Lipinski definition) is 0. The van der Waals surface area contributed by atoms with Crippen molar-refractivity contribution in [2.75, 3.05) is 19.7 Å². The summed E-state index contributed by atoms with van der Waals surface area (Å²) < 4.78 is 5.09. The van der Waals surface area contributed by atoms with Crippen molar-refractivity contribution >= 4 is 29.6 Å². The number of allylic oxidation sites excluding steroid dienone is 1. The highest BCUT2D eigenvalue weighted by Gasteiger charge is 2.47. The van der Waals surface area contributed by atoms with E-state index < -0.39 is 22.7 Å². The van der Waals surface area contributed by atoms with Gasteiger partial charge in [-0.3, -0.25) is 33.8 Å². The van der Waals surface area contributed by atoms with Gasteiger partial charge in [0.05, 0.1) is 5.41 Å². The molecule has 2 aliphatic heterocycles. The second-order valence-corrected chi connectivity index (χ2v) is 12.4. The zero-order valence-electron chi connectivity index (χ0n) is 27.1. The van der Waals surface area contributed by atoms with Gasteiger partial charge in [-0.2, -0.15) is 0 Å². The van der Waals surface area contributed by atoms with Gasteiger partial charge in [0.1, 0.15) is 12.0 Å². The molecule has 0 aliphatic carbocycles. The van der Waals surface area contributed by atoms with Crippen molar-refractivity contribution in [1.29, 1.82) is 0 Å². The highest BCUT2D eigenvalue weighted by molar-refractivity contribution is 6.12. The highest BCUT2D eigenvalue weighted by Crippen LogP contribution is 2.35. The summed E-state index contributed by atoms with van der Waals surface area (Å²) in [5.41, 5.74) is 1.32. The maximum absolute atomic E-state index is 12.9. The van der Waals surface area contributed by atoms with Crippen LogP contribution in [0.15, 0.2) is 73.8 Å². The lowest BCUT2D eigenvalue weighted by Crippen LogP contribution is -2.48. The smallest absolute Gasteiger partial charge is 0.321 e. The summed E-state index contributed by atoms with van der Waals surface area (Å²) in [6.45, 7) is 15.5. The molecule has 8 heteroatoms. The fourth-order valence-corrected chi connectivity index (χ4v) is 5.66. The number of nitrogens with zero attached hydrogens (tertiary/aromatic N) is 2. The molecule has 248 valence electrons.